The molecular weight excluding hydrogens is 456 g/mol. The van der Waals surface area contributed by atoms with Gasteiger partial charge in [-0.05, 0) is 37.1 Å². The fraction of sp³-hybridized carbons (Fsp3) is 0.480. The van der Waals surface area contributed by atoms with E-state index in [1.807, 2.05) is 24.3 Å². The van der Waals surface area contributed by atoms with Gasteiger partial charge in [0.2, 0.25) is 5.91 Å². The molecule has 1 amide bonds. The normalized spacial score (nSPS) is 14.9. The first-order valence-corrected chi connectivity index (χ1v) is 12.5. The van der Waals surface area contributed by atoms with Gasteiger partial charge in [-0.1, -0.05) is 31.9 Å². The van der Waals surface area contributed by atoms with E-state index in [1.165, 1.54) is 10.6 Å². The molecule has 0 bridgehead atoms. The third-order valence-corrected chi connectivity index (χ3v) is 6.38. The number of carbonyl (C=O) groups is 2. The van der Waals surface area contributed by atoms with Crippen LogP contribution in [-0.2, 0) is 25.6 Å². The largest absolute Gasteiger partial charge is 0.494 e. The second-order valence-electron chi connectivity index (χ2n) is 7.85. The predicted molar refractivity (Wildman–Crippen MR) is 131 cm³/mol. The van der Waals surface area contributed by atoms with Gasteiger partial charge >= 0.3 is 5.97 Å². The quantitative estimate of drug-likeness (QED) is 0.372. The van der Waals surface area contributed by atoms with Crippen LogP contribution in [0.15, 0.2) is 29.1 Å². The Morgan fingerprint density at radius 2 is 1.85 bits per heavy atom. The van der Waals surface area contributed by atoms with Crippen LogP contribution in [0.5, 0.6) is 5.75 Å². The van der Waals surface area contributed by atoms with Crippen LogP contribution in [0, 0.1) is 0 Å². The van der Waals surface area contributed by atoms with E-state index < -0.39 is 5.97 Å². The van der Waals surface area contributed by atoms with Crippen molar-refractivity contribution in [1.29, 1.82) is 0 Å². The highest BCUT2D eigenvalue weighted by molar-refractivity contribution is 7.07. The summed E-state index contributed by atoms with van der Waals surface area (Å²) in [7, 11) is 0. The third kappa shape index (κ3) is 7.30. The first-order chi connectivity index (χ1) is 16.5. The van der Waals surface area contributed by atoms with Crippen molar-refractivity contribution in [2.75, 3.05) is 39.5 Å². The van der Waals surface area contributed by atoms with Gasteiger partial charge in [0.25, 0.3) is 5.56 Å². The monoisotopic (exact) mass is 488 g/mol. The molecule has 1 saturated heterocycles. The van der Waals surface area contributed by atoms with Crippen LogP contribution in [0.4, 0.5) is 0 Å². The van der Waals surface area contributed by atoms with Crippen molar-refractivity contribution in [1.82, 2.24) is 9.47 Å². The Hall–Kier alpha value is -2.91. The van der Waals surface area contributed by atoms with Crippen molar-refractivity contribution in [3.8, 4) is 5.75 Å². The Labute approximate surface area is 203 Å². The highest BCUT2D eigenvalue weighted by atomic mass is 32.1. The SMILES string of the molecule is CCCCCOc1ccc(/C=c2\s/c(=C\C(=O)OCC)n(CC(=O)N3CCOCC3)c2=O)cc1. The van der Waals surface area contributed by atoms with E-state index in [0.29, 0.717) is 42.1 Å². The summed E-state index contributed by atoms with van der Waals surface area (Å²) < 4.78 is 18.2. The van der Waals surface area contributed by atoms with E-state index in [-0.39, 0.29) is 24.6 Å². The maximum atomic E-state index is 13.2. The molecule has 184 valence electrons. The number of ether oxygens (including phenoxy) is 3. The molecule has 0 spiro atoms. The number of nitrogens with zero attached hydrogens (tertiary/aromatic N) is 2. The molecule has 8 nitrogen and oxygen atoms in total. The first kappa shape index (κ1) is 25.7. The van der Waals surface area contributed by atoms with Crippen LogP contribution in [-0.4, -0.2) is 60.9 Å². The lowest BCUT2D eigenvalue weighted by Gasteiger charge is -2.26. The summed E-state index contributed by atoms with van der Waals surface area (Å²) in [5.41, 5.74) is 0.510. The minimum atomic E-state index is -0.549. The number of rotatable bonds is 10. The summed E-state index contributed by atoms with van der Waals surface area (Å²) in [6, 6.07) is 7.51. The van der Waals surface area contributed by atoms with E-state index >= 15 is 0 Å². The van der Waals surface area contributed by atoms with Crippen LogP contribution < -0.4 is 19.5 Å². The zero-order valence-electron chi connectivity index (χ0n) is 19.8. The topological polar surface area (TPSA) is 87.1 Å². The number of carbonyl (C=O) groups excluding carboxylic acids is 2. The second-order valence-corrected chi connectivity index (χ2v) is 8.92. The zero-order chi connectivity index (χ0) is 24.3. The van der Waals surface area contributed by atoms with E-state index in [2.05, 4.69) is 6.92 Å². The minimum Gasteiger partial charge on any atom is -0.494 e. The maximum Gasteiger partial charge on any atom is 0.333 e. The maximum absolute atomic E-state index is 13.2. The molecule has 2 aromatic rings. The molecule has 1 aromatic carbocycles. The van der Waals surface area contributed by atoms with Crippen LogP contribution in [0.3, 0.4) is 0 Å². The van der Waals surface area contributed by atoms with Crippen molar-refractivity contribution in [3.63, 3.8) is 0 Å². The molecular formula is C25H32N2O6S. The number of unbranched alkanes of at least 4 members (excludes halogenated alkanes) is 2. The Kier molecular flexibility index (Phi) is 9.90. The molecule has 0 radical (unpaired) electrons. The average Bonchev–Trinajstić information content (AvgIpc) is 3.12. The average molecular weight is 489 g/mol. The van der Waals surface area contributed by atoms with E-state index in [0.717, 1.165) is 41.9 Å². The Morgan fingerprint density at radius 3 is 2.53 bits per heavy atom. The standard InChI is InChI=1S/C25H32N2O6S/c1-3-5-6-13-33-20-9-7-19(8-10-20)16-21-25(30)27(23(34-21)17-24(29)32-4-2)18-22(28)26-11-14-31-15-12-26/h7-10,16-17H,3-6,11-15,18H2,1-2H3/b21-16-,23-17-. The van der Waals surface area contributed by atoms with Gasteiger partial charge in [-0.2, -0.15) is 0 Å². The number of esters is 1. The van der Waals surface area contributed by atoms with E-state index in [9.17, 15) is 14.4 Å². The van der Waals surface area contributed by atoms with E-state index in [4.69, 9.17) is 14.2 Å². The van der Waals surface area contributed by atoms with Crippen LogP contribution >= 0.6 is 11.3 Å². The lowest BCUT2D eigenvalue weighted by Crippen LogP contribution is -2.45. The summed E-state index contributed by atoms with van der Waals surface area (Å²) in [5.74, 6) is 0.0505. The number of thiazole rings is 1. The van der Waals surface area contributed by atoms with Crippen molar-refractivity contribution in [2.24, 2.45) is 0 Å². The molecule has 1 aliphatic rings. The first-order valence-electron chi connectivity index (χ1n) is 11.7. The molecule has 34 heavy (non-hydrogen) atoms. The van der Waals surface area contributed by atoms with Crippen LogP contribution in [0.2, 0.25) is 0 Å². The molecule has 1 aliphatic heterocycles. The number of aromatic nitrogens is 1. The van der Waals surface area contributed by atoms with Crippen molar-refractivity contribution >= 4 is 35.4 Å². The molecule has 1 aromatic heterocycles. The molecule has 1 fully saturated rings. The molecule has 9 heteroatoms. The number of hydrogen-bond donors (Lipinski definition) is 0. The molecule has 0 unspecified atom stereocenters. The van der Waals surface area contributed by atoms with Crippen molar-refractivity contribution < 1.29 is 23.8 Å². The number of amides is 1. The van der Waals surface area contributed by atoms with E-state index in [1.54, 1.807) is 17.9 Å². The van der Waals surface area contributed by atoms with Gasteiger partial charge in [0.05, 0.1) is 37.0 Å². The molecule has 2 heterocycles. The molecule has 0 atom stereocenters. The highest BCUT2D eigenvalue weighted by Gasteiger charge is 2.19. The summed E-state index contributed by atoms with van der Waals surface area (Å²) in [6.45, 7) is 6.55. The third-order valence-electron chi connectivity index (χ3n) is 5.32. The van der Waals surface area contributed by atoms with Crippen LogP contribution in [0.25, 0.3) is 12.2 Å². The van der Waals surface area contributed by atoms with Crippen molar-refractivity contribution in [3.05, 3.63) is 49.4 Å². The smallest absolute Gasteiger partial charge is 0.333 e. The van der Waals surface area contributed by atoms with Gasteiger partial charge in [-0.3, -0.25) is 14.2 Å². The van der Waals surface area contributed by atoms with Crippen molar-refractivity contribution in [2.45, 2.75) is 39.7 Å². The number of benzene rings is 1. The van der Waals surface area contributed by atoms with Gasteiger partial charge in [0, 0.05) is 13.1 Å². The number of hydrogen-bond acceptors (Lipinski definition) is 7. The minimum absolute atomic E-state index is 0.140. The molecule has 0 saturated carbocycles. The number of morpholine rings is 1. The van der Waals surface area contributed by atoms with Gasteiger partial charge in [-0.25, -0.2) is 4.79 Å². The zero-order valence-corrected chi connectivity index (χ0v) is 20.6. The molecule has 3 rings (SSSR count). The summed E-state index contributed by atoms with van der Waals surface area (Å²) in [6.07, 6.45) is 6.32. The summed E-state index contributed by atoms with van der Waals surface area (Å²) >= 11 is 1.16. The fourth-order valence-electron chi connectivity index (χ4n) is 3.48. The summed E-state index contributed by atoms with van der Waals surface area (Å²) in [5, 5.41) is 0. The Balaban J connectivity index is 1.87. The lowest BCUT2D eigenvalue weighted by atomic mass is 10.2. The van der Waals surface area contributed by atoms with Crippen LogP contribution in [0.1, 0.15) is 38.7 Å². The molecule has 0 aliphatic carbocycles. The summed E-state index contributed by atoms with van der Waals surface area (Å²) in [4.78, 5) is 39.7. The van der Waals surface area contributed by atoms with Gasteiger partial charge in [0.15, 0.2) is 0 Å². The van der Waals surface area contributed by atoms with Gasteiger partial charge < -0.3 is 19.1 Å². The van der Waals surface area contributed by atoms with Gasteiger partial charge in [-0.15, -0.1) is 11.3 Å². The molecule has 0 N–H and O–H groups in total. The highest BCUT2D eigenvalue weighted by Crippen LogP contribution is 2.13. The Bertz CT molecular complexity index is 1130. The second kappa shape index (κ2) is 13.1. The fourth-order valence-corrected chi connectivity index (χ4v) is 4.51. The predicted octanol–water partition coefficient (Wildman–Crippen LogP) is 1.51. The Morgan fingerprint density at radius 1 is 1.12 bits per heavy atom. The van der Waals surface area contributed by atoms with Gasteiger partial charge in [0.1, 0.15) is 17.0 Å². The lowest BCUT2D eigenvalue weighted by molar-refractivity contribution is -0.136.